The first kappa shape index (κ1) is 15.8. The van der Waals surface area contributed by atoms with Gasteiger partial charge in [0, 0.05) is 12.1 Å². The summed E-state index contributed by atoms with van der Waals surface area (Å²) < 4.78 is 0. The quantitative estimate of drug-likeness (QED) is 0.671. The van der Waals surface area contributed by atoms with Crippen molar-refractivity contribution in [3.8, 4) is 0 Å². The monoisotopic (exact) mass is 311 g/mol. The summed E-state index contributed by atoms with van der Waals surface area (Å²) in [6.45, 7) is 2.06. The zero-order valence-corrected chi connectivity index (χ0v) is 12.6. The van der Waals surface area contributed by atoms with Crippen LogP contribution < -0.4 is 0 Å². The number of hydrogen-bond acceptors (Lipinski definition) is 3. The third kappa shape index (κ3) is 3.35. The van der Waals surface area contributed by atoms with Gasteiger partial charge in [-0.25, -0.2) is 0 Å². The van der Waals surface area contributed by atoms with Gasteiger partial charge in [-0.3, -0.25) is 14.9 Å². The second-order valence-electron chi connectivity index (χ2n) is 6.00. The Morgan fingerprint density at radius 2 is 2.29 bits per heavy atom. The van der Waals surface area contributed by atoms with E-state index in [4.69, 9.17) is 11.6 Å². The number of halogens is 1. The number of benzene rings is 1. The molecule has 1 saturated carbocycles. The van der Waals surface area contributed by atoms with Gasteiger partial charge >= 0.3 is 5.97 Å². The molecule has 0 aromatic heterocycles. The van der Waals surface area contributed by atoms with Crippen molar-refractivity contribution in [3.05, 3.63) is 38.9 Å². The number of nitro groups is 1. The van der Waals surface area contributed by atoms with E-state index in [1.807, 2.05) is 0 Å². The van der Waals surface area contributed by atoms with E-state index >= 15 is 0 Å². The molecule has 0 heterocycles. The van der Waals surface area contributed by atoms with Crippen LogP contribution in [0.4, 0.5) is 5.69 Å². The van der Waals surface area contributed by atoms with Crippen molar-refractivity contribution in [2.75, 3.05) is 0 Å². The molecule has 1 aromatic carbocycles. The molecule has 0 radical (unpaired) electrons. The number of carboxylic acid groups (broad SMARTS) is 1. The van der Waals surface area contributed by atoms with Crippen LogP contribution in [0.5, 0.6) is 0 Å². The fourth-order valence-corrected chi connectivity index (χ4v) is 3.49. The van der Waals surface area contributed by atoms with Crippen molar-refractivity contribution in [1.29, 1.82) is 0 Å². The largest absolute Gasteiger partial charge is 0.481 e. The van der Waals surface area contributed by atoms with E-state index in [1.54, 1.807) is 6.07 Å². The lowest BCUT2D eigenvalue weighted by molar-refractivity contribution is -0.384. The van der Waals surface area contributed by atoms with Gasteiger partial charge in [0.15, 0.2) is 0 Å². The molecule has 1 aliphatic rings. The minimum Gasteiger partial charge on any atom is -0.481 e. The van der Waals surface area contributed by atoms with E-state index in [-0.39, 0.29) is 10.7 Å². The summed E-state index contributed by atoms with van der Waals surface area (Å²) in [5.74, 6) is -0.435. The van der Waals surface area contributed by atoms with E-state index in [0.29, 0.717) is 30.7 Å². The number of rotatable bonds is 4. The smallest absolute Gasteiger partial charge is 0.309 e. The molecule has 0 aliphatic heterocycles. The lowest BCUT2D eigenvalue weighted by atomic mass is 9.67. The average molecular weight is 312 g/mol. The average Bonchev–Trinajstić information content (AvgIpc) is 2.40. The standard InChI is InChI=1S/C15H18ClNO4/c1-10-3-2-6-15(8-10,14(18)19)9-11-4-5-12(17(20)21)7-13(11)16/h4-5,7,10H,2-3,6,8-9H2,1H3,(H,18,19). The normalized spacial score (nSPS) is 25.5. The summed E-state index contributed by atoms with van der Waals surface area (Å²) in [5.41, 5.74) is -0.221. The molecule has 114 valence electrons. The van der Waals surface area contributed by atoms with Gasteiger partial charge in [-0.2, -0.15) is 0 Å². The maximum absolute atomic E-state index is 11.8. The van der Waals surface area contributed by atoms with Gasteiger partial charge in [-0.05, 0) is 30.7 Å². The molecule has 2 unspecified atom stereocenters. The van der Waals surface area contributed by atoms with Crippen LogP contribution in [0.25, 0.3) is 0 Å². The first-order valence-corrected chi connectivity index (χ1v) is 7.38. The predicted octanol–water partition coefficient (Wildman–Crippen LogP) is 4.07. The van der Waals surface area contributed by atoms with Crippen LogP contribution in [0.1, 0.15) is 38.2 Å². The number of carboxylic acids is 1. The Morgan fingerprint density at radius 3 is 2.81 bits per heavy atom. The van der Waals surface area contributed by atoms with E-state index in [0.717, 1.165) is 12.8 Å². The summed E-state index contributed by atoms with van der Waals surface area (Å²) in [6, 6.07) is 4.24. The Bertz CT molecular complexity index is 575. The fourth-order valence-electron chi connectivity index (χ4n) is 3.25. The van der Waals surface area contributed by atoms with Gasteiger partial charge in [-0.15, -0.1) is 0 Å². The molecule has 0 bridgehead atoms. The SMILES string of the molecule is CC1CCCC(Cc2ccc([N+](=O)[O-])cc2Cl)(C(=O)O)C1. The summed E-state index contributed by atoms with van der Waals surface area (Å²) >= 11 is 6.10. The lowest BCUT2D eigenvalue weighted by Crippen LogP contribution is -2.38. The van der Waals surface area contributed by atoms with Crippen LogP contribution in [0.15, 0.2) is 18.2 Å². The van der Waals surface area contributed by atoms with Crippen molar-refractivity contribution < 1.29 is 14.8 Å². The lowest BCUT2D eigenvalue weighted by Gasteiger charge is -2.36. The van der Waals surface area contributed by atoms with Crippen LogP contribution >= 0.6 is 11.6 Å². The summed E-state index contributed by atoms with van der Waals surface area (Å²) in [7, 11) is 0. The highest BCUT2D eigenvalue weighted by Crippen LogP contribution is 2.43. The van der Waals surface area contributed by atoms with Gasteiger partial charge < -0.3 is 5.11 Å². The second kappa shape index (κ2) is 6.02. The molecule has 2 rings (SSSR count). The number of aliphatic carboxylic acids is 1. The maximum Gasteiger partial charge on any atom is 0.309 e. The van der Waals surface area contributed by atoms with Gasteiger partial charge in [0.1, 0.15) is 0 Å². The Balaban J connectivity index is 2.29. The fraction of sp³-hybridized carbons (Fsp3) is 0.533. The topological polar surface area (TPSA) is 80.4 Å². The summed E-state index contributed by atoms with van der Waals surface area (Å²) in [5, 5.41) is 20.6. The summed E-state index contributed by atoms with van der Waals surface area (Å²) in [4.78, 5) is 22.0. The van der Waals surface area contributed by atoms with Crippen LogP contribution in [0.3, 0.4) is 0 Å². The Labute approximate surface area is 128 Å². The molecule has 1 aromatic rings. The number of carbonyl (C=O) groups is 1. The second-order valence-corrected chi connectivity index (χ2v) is 6.40. The van der Waals surface area contributed by atoms with Crippen molar-refractivity contribution in [3.63, 3.8) is 0 Å². The number of nitro benzene ring substituents is 1. The molecule has 1 N–H and O–H groups in total. The molecule has 5 nitrogen and oxygen atoms in total. The van der Waals surface area contributed by atoms with Gasteiger partial charge in [-0.1, -0.05) is 37.4 Å². The number of hydrogen-bond donors (Lipinski definition) is 1. The number of nitrogens with zero attached hydrogens (tertiary/aromatic N) is 1. The minimum atomic E-state index is -0.808. The van der Waals surface area contributed by atoms with E-state index < -0.39 is 16.3 Å². The highest BCUT2D eigenvalue weighted by molar-refractivity contribution is 6.31. The molecule has 0 saturated heterocycles. The Morgan fingerprint density at radius 1 is 1.57 bits per heavy atom. The molecular weight excluding hydrogens is 294 g/mol. The Hall–Kier alpha value is -1.62. The van der Waals surface area contributed by atoms with Crippen molar-refractivity contribution >= 4 is 23.3 Å². The van der Waals surface area contributed by atoms with Gasteiger partial charge in [0.05, 0.1) is 15.4 Å². The molecule has 2 atom stereocenters. The van der Waals surface area contributed by atoms with Crippen LogP contribution in [-0.4, -0.2) is 16.0 Å². The van der Waals surface area contributed by atoms with Crippen LogP contribution in [-0.2, 0) is 11.2 Å². The van der Waals surface area contributed by atoms with E-state index in [1.165, 1.54) is 12.1 Å². The maximum atomic E-state index is 11.8. The van der Waals surface area contributed by atoms with Gasteiger partial charge in [0.25, 0.3) is 5.69 Å². The predicted molar refractivity (Wildman–Crippen MR) is 79.5 cm³/mol. The molecule has 6 heteroatoms. The first-order chi connectivity index (χ1) is 9.84. The minimum absolute atomic E-state index is 0.0786. The summed E-state index contributed by atoms with van der Waals surface area (Å²) in [6.07, 6.45) is 3.50. The zero-order valence-electron chi connectivity index (χ0n) is 11.8. The molecule has 1 aliphatic carbocycles. The molecule has 21 heavy (non-hydrogen) atoms. The van der Waals surface area contributed by atoms with Crippen molar-refractivity contribution in [2.45, 2.75) is 39.0 Å². The Kier molecular flexibility index (Phi) is 4.52. The third-order valence-corrected chi connectivity index (χ3v) is 4.67. The highest BCUT2D eigenvalue weighted by Gasteiger charge is 2.42. The number of non-ortho nitro benzene ring substituents is 1. The van der Waals surface area contributed by atoms with Gasteiger partial charge in [0.2, 0.25) is 0 Å². The van der Waals surface area contributed by atoms with E-state index in [2.05, 4.69) is 6.92 Å². The van der Waals surface area contributed by atoms with E-state index in [9.17, 15) is 20.0 Å². The van der Waals surface area contributed by atoms with Crippen LogP contribution in [0.2, 0.25) is 5.02 Å². The van der Waals surface area contributed by atoms with Crippen LogP contribution in [0, 0.1) is 21.4 Å². The molecule has 0 spiro atoms. The first-order valence-electron chi connectivity index (χ1n) is 7.00. The van der Waals surface area contributed by atoms with Crippen molar-refractivity contribution in [2.24, 2.45) is 11.3 Å². The highest BCUT2D eigenvalue weighted by atomic mass is 35.5. The zero-order chi connectivity index (χ0) is 15.6. The van der Waals surface area contributed by atoms with Crippen molar-refractivity contribution in [1.82, 2.24) is 0 Å². The third-order valence-electron chi connectivity index (χ3n) is 4.32. The molecular formula is C15H18ClNO4. The molecule has 0 amide bonds. The molecule has 1 fully saturated rings.